The number of hydrogen-bond acceptors (Lipinski definition) is 4. The summed E-state index contributed by atoms with van der Waals surface area (Å²) in [6, 6.07) is 18.3. The molecule has 0 atom stereocenters. The fourth-order valence-corrected chi connectivity index (χ4v) is 4.11. The molecule has 0 aromatic heterocycles. The van der Waals surface area contributed by atoms with Crippen LogP contribution in [-0.4, -0.2) is 13.0 Å². The van der Waals surface area contributed by atoms with E-state index in [1.807, 2.05) is 37.3 Å². The highest BCUT2D eigenvalue weighted by Crippen LogP contribution is 2.38. The van der Waals surface area contributed by atoms with Crippen LogP contribution in [0, 0.1) is 18.3 Å². The Morgan fingerprint density at radius 2 is 1.91 bits per heavy atom. The van der Waals surface area contributed by atoms with Gasteiger partial charge >= 0.3 is 0 Å². The second-order valence-electron chi connectivity index (χ2n) is 7.00. The van der Waals surface area contributed by atoms with Crippen molar-refractivity contribution in [3.05, 3.63) is 90.8 Å². The number of carbonyl (C=O) groups is 1. The molecule has 3 aromatic carbocycles. The predicted octanol–water partition coefficient (Wildman–Crippen LogP) is 7.31. The fraction of sp³-hybridized carbons (Fsp3) is 0.120. The Kier molecular flexibility index (Phi) is 8.56. The van der Waals surface area contributed by atoms with Gasteiger partial charge in [0.15, 0.2) is 11.5 Å². The summed E-state index contributed by atoms with van der Waals surface area (Å²) in [4.78, 5) is 12.7. The van der Waals surface area contributed by atoms with Crippen molar-refractivity contribution in [1.82, 2.24) is 0 Å². The average molecular weight is 591 g/mol. The molecule has 0 bridgehead atoms. The smallest absolute Gasteiger partial charge is 0.266 e. The van der Waals surface area contributed by atoms with Crippen LogP contribution >= 0.6 is 43.5 Å². The average Bonchev–Trinajstić information content (AvgIpc) is 2.79. The lowest BCUT2D eigenvalue weighted by atomic mass is 10.1. The van der Waals surface area contributed by atoms with Gasteiger partial charge in [0.2, 0.25) is 0 Å². The molecule has 0 aliphatic heterocycles. The third-order valence-corrected chi connectivity index (χ3v) is 6.30. The number of anilines is 1. The monoisotopic (exact) mass is 588 g/mol. The Labute approximate surface area is 214 Å². The lowest BCUT2D eigenvalue weighted by Crippen LogP contribution is -2.14. The molecule has 0 radical (unpaired) electrons. The summed E-state index contributed by atoms with van der Waals surface area (Å²) in [5, 5.41) is 12.8. The second-order valence-corrected chi connectivity index (χ2v) is 9.14. The summed E-state index contributed by atoms with van der Waals surface area (Å²) in [6.45, 7) is 2.17. The highest BCUT2D eigenvalue weighted by Gasteiger charge is 2.15. The third kappa shape index (κ3) is 6.38. The number of aryl methyl sites for hydroxylation is 1. The van der Waals surface area contributed by atoms with E-state index in [1.54, 1.807) is 30.3 Å². The van der Waals surface area contributed by atoms with Gasteiger partial charge in [-0.05, 0) is 70.4 Å². The topological polar surface area (TPSA) is 71.3 Å². The van der Waals surface area contributed by atoms with Crippen molar-refractivity contribution in [2.75, 3.05) is 12.4 Å². The highest BCUT2D eigenvalue weighted by molar-refractivity contribution is 9.10. The van der Waals surface area contributed by atoms with Gasteiger partial charge in [-0.2, -0.15) is 5.26 Å². The maximum absolute atomic E-state index is 12.7. The van der Waals surface area contributed by atoms with Gasteiger partial charge in [-0.15, -0.1) is 0 Å². The molecule has 1 amide bonds. The first-order valence-corrected chi connectivity index (χ1v) is 11.7. The van der Waals surface area contributed by atoms with Gasteiger partial charge in [0.05, 0.1) is 11.6 Å². The van der Waals surface area contributed by atoms with Gasteiger partial charge in [0.25, 0.3) is 5.91 Å². The first kappa shape index (κ1) is 24.8. The summed E-state index contributed by atoms with van der Waals surface area (Å²) in [5.74, 6) is 0.446. The summed E-state index contributed by atoms with van der Waals surface area (Å²) >= 11 is 13.0. The molecule has 0 saturated heterocycles. The quantitative estimate of drug-likeness (QED) is 0.231. The Hall–Kier alpha value is -2.79. The third-order valence-electron chi connectivity index (χ3n) is 4.71. The van der Waals surface area contributed by atoms with E-state index >= 15 is 0 Å². The molecule has 1 N–H and O–H groups in total. The molecule has 0 aliphatic rings. The minimum absolute atomic E-state index is 0.0646. The number of methoxy groups -OCH3 is 1. The van der Waals surface area contributed by atoms with Crippen LogP contribution in [0.15, 0.2) is 69.1 Å². The lowest BCUT2D eigenvalue weighted by molar-refractivity contribution is -0.112. The SMILES string of the molecule is COc1cc(/C=C(\C#N)C(=O)Nc2cc(Cl)ccc2C)cc(Br)c1OCc1ccccc1Br. The van der Waals surface area contributed by atoms with Crippen molar-refractivity contribution in [2.24, 2.45) is 0 Å². The molecular weight excluding hydrogens is 572 g/mol. The Morgan fingerprint density at radius 1 is 1.15 bits per heavy atom. The fourth-order valence-electron chi connectivity index (χ4n) is 2.96. The first-order chi connectivity index (χ1) is 15.8. The van der Waals surface area contributed by atoms with Crippen molar-refractivity contribution in [1.29, 1.82) is 5.26 Å². The van der Waals surface area contributed by atoms with Crippen LogP contribution in [0.2, 0.25) is 5.02 Å². The van der Waals surface area contributed by atoms with Crippen molar-refractivity contribution < 1.29 is 14.3 Å². The predicted molar refractivity (Wildman–Crippen MR) is 138 cm³/mol. The number of ether oxygens (including phenoxy) is 2. The number of amides is 1. The van der Waals surface area contributed by atoms with Gasteiger partial charge < -0.3 is 14.8 Å². The molecule has 5 nitrogen and oxygen atoms in total. The van der Waals surface area contributed by atoms with Crippen molar-refractivity contribution in [2.45, 2.75) is 13.5 Å². The van der Waals surface area contributed by atoms with E-state index < -0.39 is 5.91 Å². The maximum Gasteiger partial charge on any atom is 0.266 e. The molecule has 0 fully saturated rings. The number of benzene rings is 3. The molecule has 0 unspecified atom stereocenters. The molecule has 0 saturated carbocycles. The standard InChI is InChI=1S/C25H19Br2ClN2O3/c1-15-7-8-19(28)12-22(15)30-25(31)18(13-29)9-16-10-21(27)24(23(11-16)32-2)33-14-17-5-3-4-6-20(17)26/h3-12H,14H2,1-2H3,(H,30,31)/b18-9+. The minimum atomic E-state index is -0.535. The van der Waals surface area contributed by atoms with E-state index in [4.69, 9.17) is 21.1 Å². The molecule has 3 rings (SSSR count). The molecule has 33 heavy (non-hydrogen) atoms. The lowest BCUT2D eigenvalue weighted by Gasteiger charge is -2.14. The number of hydrogen-bond donors (Lipinski definition) is 1. The number of halogens is 3. The summed E-state index contributed by atoms with van der Waals surface area (Å²) in [5.41, 5.74) is 2.89. The normalized spacial score (nSPS) is 11.0. The number of nitriles is 1. The van der Waals surface area contributed by atoms with Crippen LogP contribution in [0.3, 0.4) is 0 Å². The van der Waals surface area contributed by atoms with Gasteiger partial charge in [0, 0.05) is 20.7 Å². The molecule has 0 aliphatic carbocycles. The van der Waals surface area contributed by atoms with Crippen molar-refractivity contribution in [3.63, 3.8) is 0 Å². The van der Waals surface area contributed by atoms with Crippen LogP contribution in [0.5, 0.6) is 11.5 Å². The van der Waals surface area contributed by atoms with Gasteiger partial charge in [-0.25, -0.2) is 0 Å². The van der Waals surface area contributed by atoms with Crippen molar-refractivity contribution >= 4 is 61.1 Å². The molecule has 8 heteroatoms. The van der Waals surface area contributed by atoms with E-state index in [0.29, 0.717) is 38.9 Å². The molecule has 0 heterocycles. The Balaban J connectivity index is 1.85. The minimum Gasteiger partial charge on any atom is -0.493 e. The van der Waals surface area contributed by atoms with Crippen molar-refractivity contribution in [3.8, 4) is 17.6 Å². The van der Waals surface area contributed by atoms with Crippen LogP contribution in [0.4, 0.5) is 5.69 Å². The molecule has 168 valence electrons. The zero-order chi connectivity index (χ0) is 24.0. The zero-order valence-corrected chi connectivity index (χ0v) is 21.7. The van der Waals surface area contributed by atoms with E-state index in [-0.39, 0.29) is 5.57 Å². The van der Waals surface area contributed by atoms with E-state index in [1.165, 1.54) is 13.2 Å². The van der Waals surface area contributed by atoms with Crippen LogP contribution in [0.25, 0.3) is 6.08 Å². The number of nitrogens with one attached hydrogen (secondary N) is 1. The van der Waals surface area contributed by atoms with Gasteiger partial charge in [-0.3, -0.25) is 4.79 Å². The van der Waals surface area contributed by atoms with Gasteiger partial charge in [-0.1, -0.05) is 51.8 Å². The van der Waals surface area contributed by atoms with E-state index in [9.17, 15) is 10.1 Å². The molecule has 0 spiro atoms. The summed E-state index contributed by atoms with van der Waals surface area (Å²) < 4.78 is 13.0. The summed E-state index contributed by atoms with van der Waals surface area (Å²) in [6.07, 6.45) is 1.49. The molecule has 3 aromatic rings. The van der Waals surface area contributed by atoms with Crippen LogP contribution in [0.1, 0.15) is 16.7 Å². The summed E-state index contributed by atoms with van der Waals surface area (Å²) in [7, 11) is 1.53. The molecular formula is C25H19Br2ClN2O3. The number of rotatable bonds is 7. The number of carbonyl (C=O) groups excluding carboxylic acids is 1. The van der Waals surface area contributed by atoms with Crippen LogP contribution < -0.4 is 14.8 Å². The Bertz CT molecular complexity index is 1270. The second kappa shape index (κ2) is 11.4. The maximum atomic E-state index is 12.7. The highest BCUT2D eigenvalue weighted by atomic mass is 79.9. The number of nitrogens with zero attached hydrogens (tertiary/aromatic N) is 1. The zero-order valence-electron chi connectivity index (χ0n) is 17.8. The van der Waals surface area contributed by atoms with Crippen LogP contribution in [-0.2, 0) is 11.4 Å². The van der Waals surface area contributed by atoms with E-state index in [0.717, 1.165) is 15.6 Å². The van der Waals surface area contributed by atoms with Gasteiger partial charge in [0.1, 0.15) is 18.2 Å². The largest absolute Gasteiger partial charge is 0.493 e. The Morgan fingerprint density at radius 3 is 2.61 bits per heavy atom. The van der Waals surface area contributed by atoms with E-state index in [2.05, 4.69) is 37.2 Å². The first-order valence-electron chi connectivity index (χ1n) is 9.75.